The summed E-state index contributed by atoms with van der Waals surface area (Å²) in [6.07, 6.45) is 0.959. The van der Waals surface area contributed by atoms with Crippen LogP contribution in [-0.2, 0) is 13.0 Å². The number of hydrogen-bond donors (Lipinski definition) is 1. The SMILES string of the molecule is CCc1ccc(CN(C)C(=O)Nc2ccc(F)cc2F)cc1. The molecule has 5 heteroatoms. The molecule has 0 aromatic heterocycles. The fourth-order valence-electron chi connectivity index (χ4n) is 2.03. The molecule has 0 atom stereocenters. The highest BCUT2D eigenvalue weighted by Crippen LogP contribution is 2.16. The molecule has 22 heavy (non-hydrogen) atoms. The minimum absolute atomic E-state index is 0.0421. The number of carbonyl (C=O) groups excluding carboxylic acids is 1. The summed E-state index contributed by atoms with van der Waals surface area (Å²) in [6.45, 7) is 2.48. The Morgan fingerprint density at radius 1 is 1.09 bits per heavy atom. The number of amides is 2. The van der Waals surface area contributed by atoms with Crippen LogP contribution >= 0.6 is 0 Å². The topological polar surface area (TPSA) is 32.3 Å². The van der Waals surface area contributed by atoms with E-state index < -0.39 is 17.7 Å². The van der Waals surface area contributed by atoms with E-state index in [1.165, 1.54) is 16.5 Å². The van der Waals surface area contributed by atoms with Crippen LogP contribution in [0.1, 0.15) is 18.1 Å². The molecule has 0 aliphatic rings. The maximum Gasteiger partial charge on any atom is 0.321 e. The lowest BCUT2D eigenvalue weighted by Gasteiger charge is -2.18. The van der Waals surface area contributed by atoms with Crippen LogP contribution in [0.4, 0.5) is 19.3 Å². The zero-order chi connectivity index (χ0) is 16.1. The molecule has 3 nitrogen and oxygen atoms in total. The maximum absolute atomic E-state index is 13.5. The van der Waals surface area contributed by atoms with Gasteiger partial charge in [-0.15, -0.1) is 0 Å². The van der Waals surface area contributed by atoms with Gasteiger partial charge in [0.25, 0.3) is 0 Å². The Bertz CT molecular complexity index is 656. The van der Waals surface area contributed by atoms with Crippen LogP contribution in [0.15, 0.2) is 42.5 Å². The summed E-state index contributed by atoms with van der Waals surface area (Å²) in [4.78, 5) is 13.5. The Hall–Kier alpha value is -2.43. The second kappa shape index (κ2) is 7.02. The first kappa shape index (κ1) is 15.9. The van der Waals surface area contributed by atoms with Gasteiger partial charge in [-0.05, 0) is 29.7 Å². The van der Waals surface area contributed by atoms with Crippen molar-refractivity contribution in [3.05, 3.63) is 65.2 Å². The largest absolute Gasteiger partial charge is 0.323 e. The number of carbonyl (C=O) groups is 1. The molecule has 116 valence electrons. The van der Waals surface area contributed by atoms with Crippen molar-refractivity contribution in [2.45, 2.75) is 19.9 Å². The molecule has 0 bridgehead atoms. The minimum Gasteiger partial charge on any atom is -0.323 e. The Morgan fingerprint density at radius 2 is 1.73 bits per heavy atom. The standard InChI is InChI=1S/C17H18F2N2O/c1-3-12-4-6-13(7-5-12)11-21(2)17(22)20-16-9-8-14(18)10-15(16)19/h4-10H,3,11H2,1-2H3,(H,20,22). The summed E-state index contributed by atoms with van der Waals surface area (Å²) in [5, 5.41) is 2.43. The van der Waals surface area contributed by atoms with Gasteiger partial charge in [0.2, 0.25) is 0 Å². The molecule has 2 aromatic carbocycles. The van der Waals surface area contributed by atoms with E-state index in [1.54, 1.807) is 7.05 Å². The van der Waals surface area contributed by atoms with Crippen LogP contribution in [0.2, 0.25) is 0 Å². The predicted molar refractivity (Wildman–Crippen MR) is 82.7 cm³/mol. The van der Waals surface area contributed by atoms with Crippen LogP contribution in [-0.4, -0.2) is 18.0 Å². The first-order valence-corrected chi connectivity index (χ1v) is 7.04. The van der Waals surface area contributed by atoms with E-state index in [1.807, 2.05) is 24.3 Å². The Kier molecular flexibility index (Phi) is 5.09. The predicted octanol–water partition coefficient (Wildman–Crippen LogP) is 4.19. The van der Waals surface area contributed by atoms with Gasteiger partial charge in [0.1, 0.15) is 11.6 Å². The van der Waals surface area contributed by atoms with E-state index in [9.17, 15) is 13.6 Å². The number of urea groups is 1. The van der Waals surface area contributed by atoms with Crippen molar-refractivity contribution in [2.24, 2.45) is 0 Å². The van der Waals surface area contributed by atoms with Crippen LogP contribution in [0.5, 0.6) is 0 Å². The molecule has 0 aliphatic heterocycles. The molecule has 0 spiro atoms. The Morgan fingerprint density at radius 3 is 2.32 bits per heavy atom. The third kappa shape index (κ3) is 4.04. The van der Waals surface area contributed by atoms with Gasteiger partial charge in [0.15, 0.2) is 0 Å². The average Bonchev–Trinajstić information content (AvgIpc) is 2.50. The van der Waals surface area contributed by atoms with Crippen molar-refractivity contribution in [1.29, 1.82) is 0 Å². The molecule has 2 amide bonds. The summed E-state index contributed by atoms with van der Waals surface area (Å²) in [7, 11) is 1.62. The Balaban J connectivity index is 1.99. The third-order valence-corrected chi connectivity index (χ3v) is 3.37. The lowest BCUT2D eigenvalue weighted by atomic mass is 10.1. The molecule has 1 N–H and O–H groups in total. The molecule has 0 aliphatic carbocycles. The van der Waals surface area contributed by atoms with Crippen molar-refractivity contribution in [3.8, 4) is 0 Å². The second-order valence-electron chi connectivity index (χ2n) is 5.08. The van der Waals surface area contributed by atoms with E-state index in [2.05, 4.69) is 12.2 Å². The normalized spacial score (nSPS) is 10.4. The van der Waals surface area contributed by atoms with Crippen molar-refractivity contribution in [1.82, 2.24) is 4.90 Å². The van der Waals surface area contributed by atoms with Crippen LogP contribution in [0.25, 0.3) is 0 Å². The number of nitrogens with one attached hydrogen (secondary N) is 1. The van der Waals surface area contributed by atoms with E-state index in [-0.39, 0.29) is 5.69 Å². The van der Waals surface area contributed by atoms with Gasteiger partial charge < -0.3 is 10.2 Å². The monoisotopic (exact) mass is 304 g/mol. The number of rotatable bonds is 4. The number of halogens is 2. The number of hydrogen-bond acceptors (Lipinski definition) is 1. The summed E-state index contributed by atoms with van der Waals surface area (Å²) in [5.74, 6) is -1.48. The third-order valence-electron chi connectivity index (χ3n) is 3.37. The summed E-state index contributed by atoms with van der Waals surface area (Å²) in [6, 6.07) is 10.5. The van der Waals surface area contributed by atoms with E-state index in [0.717, 1.165) is 24.1 Å². The first-order valence-electron chi connectivity index (χ1n) is 7.04. The van der Waals surface area contributed by atoms with E-state index >= 15 is 0 Å². The van der Waals surface area contributed by atoms with Crippen molar-refractivity contribution in [3.63, 3.8) is 0 Å². The van der Waals surface area contributed by atoms with Gasteiger partial charge in [-0.2, -0.15) is 0 Å². The highest BCUT2D eigenvalue weighted by Gasteiger charge is 2.12. The fourth-order valence-corrected chi connectivity index (χ4v) is 2.03. The van der Waals surface area contributed by atoms with Crippen molar-refractivity contribution >= 4 is 11.7 Å². The summed E-state index contributed by atoms with van der Waals surface area (Å²) >= 11 is 0. The van der Waals surface area contributed by atoms with E-state index in [0.29, 0.717) is 6.54 Å². The fraction of sp³-hybridized carbons (Fsp3) is 0.235. The molecule has 2 rings (SSSR count). The quantitative estimate of drug-likeness (QED) is 0.902. The number of benzene rings is 2. The highest BCUT2D eigenvalue weighted by atomic mass is 19.1. The molecule has 0 unspecified atom stereocenters. The highest BCUT2D eigenvalue weighted by molar-refractivity contribution is 5.89. The lowest BCUT2D eigenvalue weighted by molar-refractivity contribution is 0.220. The zero-order valence-corrected chi connectivity index (χ0v) is 12.6. The van der Waals surface area contributed by atoms with Crippen LogP contribution in [0.3, 0.4) is 0 Å². The second-order valence-corrected chi connectivity index (χ2v) is 5.08. The van der Waals surface area contributed by atoms with Gasteiger partial charge >= 0.3 is 6.03 Å². The van der Waals surface area contributed by atoms with Crippen LogP contribution < -0.4 is 5.32 Å². The van der Waals surface area contributed by atoms with Gasteiger partial charge in [0.05, 0.1) is 5.69 Å². The molecule has 0 saturated heterocycles. The molecule has 0 heterocycles. The van der Waals surface area contributed by atoms with Gasteiger partial charge in [-0.25, -0.2) is 13.6 Å². The Labute approximate surface area is 128 Å². The molecule has 2 aromatic rings. The van der Waals surface area contributed by atoms with Gasteiger partial charge in [-0.1, -0.05) is 31.2 Å². The van der Waals surface area contributed by atoms with Crippen LogP contribution in [0, 0.1) is 11.6 Å². The number of aryl methyl sites for hydroxylation is 1. The zero-order valence-electron chi connectivity index (χ0n) is 12.6. The van der Waals surface area contributed by atoms with Gasteiger partial charge in [0, 0.05) is 19.7 Å². The molecular weight excluding hydrogens is 286 g/mol. The smallest absolute Gasteiger partial charge is 0.321 e. The molecule has 0 saturated carbocycles. The molecule has 0 fully saturated rings. The van der Waals surface area contributed by atoms with Crippen molar-refractivity contribution < 1.29 is 13.6 Å². The molecule has 0 radical (unpaired) electrons. The summed E-state index contributed by atoms with van der Waals surface area (Å²) in [5.41, 5.74) is 2.17. The van der Waals surface area contributed by atoms with Crippen molar-refractivity contribution in [2.75, 3.05) is 12.4 Å². The number of nitrogens with zero attached hydrogens (tertiary/aromatic N) is 1. The average molecular weight is 304 g/mol. The number of anilines is 1. The molecular formula is C17H18F2N2O. The summed E-state index contributed by atoms with van der Waals surface area (Å²) < 4.78 is 26.3. The van der Waals surface area contributed by atoms with E-state index in [4.69, 9.17) is 0 Å². The van der Waals surface area contributed by atoms with Gasteiger partial charge in [-0.3, -0.25) is 0 Å². The lowest BCUT2D eigenvalue weighted by Crippen LogP contribution is -2.31. The maximum atomic E-state index is 13.5. The first-order chi connectivity index (χ1) is 10.5. The minimum atomic E-state index is -0.797.